The fraction of sp³-hybridized carbons (Fsp3) is 0.133. The van der Waals surface area contributed by atoms with Crippen LogP contribution >= 0.6 is 31.9 Å². The minimum absolute atomic E-state index is 0.174. The summed E-state index contributed by atoms with van der Waals surface area (Å²) in [5, 5.41) is 0. The maximum absolute atomic E-state index is 11.7. The van der Waals surface area contributed by atoms with Crippen molar-refractivity contribution in [3.05, 3.63) is 51.4 Å². The van der Waals surface area contributed by atoms with Crippen molar-refractivity contribution in [1.29, 1.82) is 0 Å². The molecule has 0 aliphatic heterocycles. The molecule has 0 aliphatic carbocycles. The lowest BCUT2D eigenvalue weighted by molar-refractivity contribution is -0.136. The summed E-state index contributed by atoms with van der Waals surface area (Å²) in [6.07, 6.45) is 0. The molecule has 0 saturated carbocycles. The molecule has 2 aromatic rings. The molecule has 0 N–H and O–H groups in total. The Morgan fingerprint density at radius 1 is 1.05 bits per heavy atom. The molecule has 0 aliphatic rings. The van der Waals surface area contributed by atoms with Crippen molar-refractivity contribution < 1.29 is 19.0 Å². The zero-order chi connectivity index (χ0) is 15.2. The molecule has 0 spiro atoms. The van der Waals surface area contributed by atoms with Crippen LogP contribution in [0.4, 0.5) is 0 Å². The molecule has 0 amide bonds. The van der Waals surface area contributed by atoms with E-state index in [1.54, 1.807) is 37.4 Å². The minimum Gasteiger partial charge on any atom is -0.497 e. The maximum atomic E-state index is 11.7. The van der Waals surface area contributed by atoms with Gasteiger partial charge in [-0.05, 0) is 58.4 Å². The van der Waals surface area contributed by atoms with E-state index in [9.17, 15) is 4.79 Å². The van der Waals surface area contributed by atoms with Crippen LogP contribution in [0.25, 0.3) is 0 Å². The van der Waals surface area contributed by atoms with Crippen molar-refractivity contribution in [2.24, 2.45) is 0 Å². The average molecular weight is 416 g/mol. The predicted molar refractivity (Wildman–Crippen MR) is 86.0 cm³/mol. The fourth-order valence-corrected chi connectivity index (χ4v) is 2.70. The van der Waals surface area contributed by atoms with Crippen LogP contribution in [-0.4, -0.2) is 19.7 Å². The van der Waals surface area contributed by atoms with Crippen LogP contribution in [0.1, 0.15) is 0 Å². The third-order valence-corrected chi connectivity index (χ3v) is 3.64. The molecule has 4 nitrogen and oxygen atoms in total. The van der Waals surface area contributed by atoms with Crippen molar-refractivity contribution in [3.8, 4) is 17.2 Å². The second kappa shape index (κ2) is 7.47. The van der Waals surface area contributed by atoms with Crippen molar-refractivity contribution in [2.45, 2.75) is 0 Å². The van der Waals surface area contributed by atoms with Crippen LogP contribution in [0.3, 0.4) is 0 Å². The molecular weight excluding hydrogens is 404 g/mol. The number of halogens is 2. The molecule has 0 saturated heterocycles. The second-order valence-electron chi connectivity index (χ2n) is 4.01. The van der Waals surface area contributed by atoms with E-state index in [1.165, 1.54) is 0 Å². The quantitative estimate of drug-likeness (QED) is 0.542. The smallest absolute Gasteiger partial charge is 0.349 e. The molecule has 2 aromatic carbocycles. The zero-order valence-corrected chi connectivity index (χ0v) is 14.3. The van der Waals surface area contributed by atoms with Gasteiger partial charge in [-0.15, -0.1) is 0 Å². The lowest BCUT2D eigenvalue weighted by atomic mass is 10.3. The van der Waals surface area contributed by atoms with Gasteiger partial charge in [-0.2, -0.15) is 0 Å². The Morgan fingerprint density at radius 2 is 1.71 bits per heavy atom. The molecule has 0 atom stereocenters. The first-order valence-corrected chi connectivity index (χ1v) is 7.59. The average Bonchev–Trinajstić information content (AvgIpc) is 2.47. The summed E-state index contributed by atoms with van der Waals surface area (Å²) >= 11 is 6.70. The number of hydrogen-bond acceptors (Lipinski definition) is 4. The van der Waals surface area contributed by atoms with Crippen molar-refractivity contribution in [1.82, 2.24) is 0 Å². The summed E-state index contributed by atoms with van der Waals surface area (Å²) in [5.41, 5.74) is 0. The Kier molecular flexibility index (Phi) is 5.64. The number of ether oxygens (including phenoxy) is 3. The molecule has 110 valence electrons. The number of carbonyl (C=O) groups excluding carboxylic acids is 1. The van der Waals surface area contributed by atoms with E-state index in [4.69, 9.17) is 14.2 Å². The van der Waals surface area contributed by atoms with Crippen molar-refractivity contribution in [3.63, 3.8) is 0 Å². The van der Waals surface area contributed by atoms with Crippen LogP contribution in [0.2, 0.25) is 0 Å². The number of hydrogen-bond donors (Lipinski definition) is 0. The minimum atomic E-state index is -0.477. The van der Waals surface area contributed by atoms with Crippen LogP contribution in [0.5, 0.6) is 17.2 Å². The van der Waals surface area contributed by atoms with E-state index < -0.39 is 5.97 Å². The molecule has 0 unspecified atom stereocenters. The van der Waals surface area contributed by atoms with E-state index in [0.717, 1.165) is 8.95 Å². The molecule has 0 bridgehead atoms. The highest BCUT2D eigenvalue weighted by atomic mass is 79.9. The highest BCUT2D eigenvalue weighted by molar-refractivity contribution is 9.11. The molecule has 6 heteroatoms. The largest absolute Gasteiger partial charge is 0.497 e. The Morgan fingerprint density at radius 3 is 2.33 bits per heavy atom. The third-order valence-electron chi connectivity index (χ3n) is 2.53. The van der Waals surface area contributed by atoms with Crippen LogP contribution in [0, 0.1) is 0 Å². The van der Waals surface area contributed by atoms with Gasteiger partial charge < -0.3 is 14.2 Å². The Bertz CT molecular complexity index is 626. The van der Waals surface area contributed by atoms with E-state index in [-0.39, 0.29) is 6.61 Å². The van der Waals surface area contributed by atoms with Gasteiger partial charge in [0.25, 0.3) is 0 Å². The van der Waals surface area contributed by atoms with Gasteiger partial charge in [0.1, 0.15) is 17.2 Å². The van der Waals surface area contributed by atoms with Gasteiger partial charge in [0.05, 0.1) is 11.6 Å². The molecule has 0 radical (unpaired) electrons. The second-order valence-corrected chi connectivity index (χ2v) is 5.78. The van der Waals surface area contributed by atoms with Gasteiger partial charge >= 0.3 is 5.97 Å². The molecular formula is C15H12Br2O4. The number of methoxy groups -OCH3 is 1. The Balaban J connectivity index is 1.89. The first-order chi connectivity index (χ1) is 10.1. The number of rotatable bonds is 5. The topological polar surface area (TPSA) is 44.8 Å². The van der Waals surface area contributed by atoms with Crippen LogP contribution in [0.15, 0.2) is 51.4 Å². The first-order valence-electron chi connectivity index (χ1n) is 6.01. The van der Waals surface area contributed by atoms with Crippen molar-refractivity contribution in [2.75, 3.05) is 13.7 Å². The van der Waals surface area contributed by atoms with E-state index in [2.05, 4.69) is 31.9 Å². The predicted octanol–water partition coefficient (Wildman–Crippen LogP) is 4.20. The monoisotopic (exact) mass is 414 g/mol. The summed E-state index contributed by atoms with van der Waals surface area (Å²) in [5.74, 6) is 1.24. The summed E-state index contributed by atoms with van der Waals surface area (Å²) < 4.78 is 17.3. The summed E-state index contributed by atoms with van der Waals surface area (Å²) in [4.78, 5) is 11.7. The summed E-state index contributed by atoms with van der Waals surface area (Å²) in [6, 6.07) is 12.2. The SMILES string of the molecule is COc1ccc(OC(=O)COc2ccc(Br)cc2Br)cc1. The maximum Gasteiger partial charge on any atom is 0.349 e. The number of benzene rings is 2. The molecule has 2 rings (SSSR count). The Hall–Kier alpha value is -1.53. The Labute approximate surface area is 139 Å². The standard InChI is InChI=1S/C15H12Br2O4/c1-19-11-3-5-12(6-4-11)21-15(18)9-20-14-7-2-10(16)8-13(14)17/h2-8H,9H2,1H3. The molecule has 0 fully saturated rings. The van der Waals surface area contributed by atoms with Gasteiger partial charge in [-0.3, -0.25) is 0 Å². The van der Waals surface area contributed by atoms with Crippen LogP contribution < -0.4 is 14.2 Å². The van der Waals surface area contributed by atoms with Gasteiger partial charge in [-0.1, -0.05) is 15.9 Å². The van der Waals surface area contributed by atoms with Gasteiger partial charge in [0, 0.05) is 4.47 Å². The zero-order valence-electron chi connectivity index (χ0n) is 11.1. The summed E-state index contributed by atoms with van der Waals surface area (Å²) in [6.45, 7) is -0.174. The highest BCUT2D eigenvalue weighted by Crippen LogP contribution is 2.28. The molecule has 0 aromatic heterocycles. The lowest BCUT2D eigenvalue weighted by Crippen LogP contribution is -2.17. The first kappa shape index (κ1) is 15.9. The third kappa shape index (κ3) is 4.75. The fourth-order valence-electron chi connectivity index (χ4n) is 1.53. The summed E-state index contributed by atoms with van der Waals surface area (Å²) in [7, 11) is 1.57. The van der Waals surface area contributed by atoms with Gasteiger partial charge in [0.15, 0.2) is 6.61 Å². The van der Waals surface area contributed by atoms with E-state index in [1.807, 2.05) is 12.1 Å². The highest BCUT2D eigenvalue weighted by Gasteiger charge is 2.08. The van der Waals surface area contributed by atoms with Gasteiger partial charge in [-0.25, -0.2) is 4.79 Å². The van der Waals surface area contributed by atoms with E-state index in [0.29, 0.717) is 17.2 Å². The normalized spacial score (nSPS) is 10.0. The lowest BCUT2D eigenvalue weighted by Gasteiger charge is -2.09. The van der Waals surface area contributed by atoms with Gasteiger partial charge in [0.2, 0.25) is 0 Å². The van der Waals surface area contributed by atoms with Crippen LogP contribution in [-0.2, 0) is 4.79 Å². The number of carbonyl (C=O) groups is 1. The molecule has 21 heavy (non-hydrogen) atoms. The van der Waals surface area contributed by atoms with E-state index >= 15 is 0 Å². The number of esters is 1. The van der Waals surface area contributed by atoms with Crippen molar-refractivity contribution >= 4 is 37.8 Å². The molecule has 0 heterocycles.